The molecular weight excluding hydrogens is 268 g/mol. The number of hydrogen-bond donors (Lipinski definition) is 0. The number of rotatable bonds is 3. The van der Waals surface area contributed by atoms with Crippen LogP contribution in [0.3, 0.4) is 0 Å². The van der Waals surface area contributed by atoms with Crippen molar-refractivity contribution in [3.63, 3.8) is 0 Å². The Morgan fingerprint density at radius 1 is 0.864 bits per heavy atom. The predicted octanol–water partition coefficient (Wildman–Crippen LogP) is 3.42. The SMILES string of the molecule is CN1C[C@@H]2CN(Cc3ccccc3)[C@H](c3ccccc3)[C@H]2C1. The van der Waals surface area contributed by atoms with Gasteiger partial charge in [-0.3, -0.25) is 4.90 Å². The molecule has 2 heterocycles. The monoisotopic (exact) mass is 292 g/mol. The normalized spacial score (nSPS) is 28.9. The van der Waals surface area contributed by atoms with Crippen LogP contribution in [0.25, 0.3) is 0 Å². The Kier molecular flexibility index (Phi) is 3.73. The van der Waals surface area contributed by atoms with E-state index in [9.17, 15) is 0 Å². The fraction of sp³-hybridized carbons (Fsp3) is 0.400. The molecule has 2 heteroatoms. The zero-order chi connectivity index (χ0) is 14.9. The van der Waals surface area contributed by atoms with Crippen molar-refractivity contribution < 1.29 is 0 Å². The molecule has 3 atom stereocenters. The molecule has 0 saturated carbocycles. The Morgan fingerprint density at radius 3 is 2.27 bits per heavy atom. The summed E-state index contributed by atoms with van der Waals surface area (Å²) in [5.41, 5.74) is 2.91. The van der Waals surface area contributed by atoms with E-state index in [0.717, 1.165) is 18.4 Å². The molecular formula is C20H24N2. The van der Waals surface area contributed by atoms with Crippen LogP contribution in [-0.4, -0.2) is 36.5 Å². The number of likely N-dealkylation sites (tertiary alicyclic amines) is 2. The molecule has 2 aromatic carbocycles. The molecule has 0 radical (unpaired) electrons. The molecule has 2 saturated heterocycles. The third-order valence-electron chi connectivity index (χ3n) is 5.31. The molecule has 0 spiro atoms. The first-order chi connectivity index (χ1) is 10.8. The molecule has 0 N–H and O–H groups in total. The van der Waals surface area contributed by atoms with Crippen molar-refractivity contribution >= 4 is 0 Å². The van der Waals surface area contributed by atoms with E-state index in [1.807, 2.05) is 0 Å². The minimum absolute atomic E-state index is 0.566. The van der Waals surface area contributed by atoms with Crippen molar-refractivity contribution in [2.75, 3.05) is 26.7 Å². The summed E-state index contributed by atoms with van der Waals surface area (Å²) in [6.07, 6.45) is 0. The van der Waals surface area contributed by atoms with Gasteiger partial charge in [0.1, 0.15) is 0 Å². The highest BCUT2D eigenvalue weighted by Gasteiger charge is 2.46. The van der Waals surface area contributed by atoms with Crippen molar-refractivity contribution in [2.24, 2.45) is 11.8 Å². The molecule has 4 rings (SSSR count). The van der Waals surface area contributed by atoms with E-state index in [1.54, 1.807) is 0 Å². The van der Waals surface area contributed by atoms with Gasteiger partial charge in [0.15, 0.2) is 0 Å². The summed E-state index contributed by atoms with van der Waals surface area (Å²) in [6.45, 7) is 4.77. The van der Waals surface area contributed by atoms with Gasteiger partial charge < -0.3 is 4.90 Å². The highest BCUT2D eigenvalue weighted by molar-refractivity contribution is 5.24. The largest absolute Gasteiger partial charge is 0.306 e. The summed E-state index contributed by atoms with van der Waals surface area (Å²) in [5, 5.41) is 0. The average Bonchev–Trinajstić information content (AvgIpc) is 3.04. The molecule has 0 amide bonds. The zero-order valence-electron chi connectivity index (χ0n) is 13.2. The predicted molar refractivity (Wildman–Crippen MR) is 90.5 cm³/mol. The van der Waals surface area contributed by atoms with E-state index in [0.29, 0.717) is 6.04 Å². The van der Waals surface area contributed by atoms with Gasteiger partial charge in [0.05, 0.1) is 0 Å². The van der Waals surface area contributed by atoms with Crippen LogP contribution >= 0.6 is 0 Å². The highest BCUT2D eigenvalue weighted by Crippen LogP contribution is 2.45. The van der Waals surface area contributed by atoms with Gasteiger partial charge in [0.2, 0.25) is 0 Å². The lowest BCUT2D eigenvalue weighted by Gasteiger charge is -2.29. The van der Waals surface area contributed by atoms with Crippen LogP contribution < -0.4 is 0 Å². The van der Waals surface area contributed by atoms with Gasteiger partial charge in [-0.2, -0.15) is 0 Å². The molecule has 2 aliphatic heterocycles. The summed E-state index contributed by atoms with van der Waals surface area (Å²) in [5.74, 6) is 1.59. The third-order valence-corrected chi connectivity index (χ3v) is 5.31. The van der Waals surface area contributed by atoms with Crippen LogP contribution in [0.1, 0.15) is 17.2 Å². The second kappa shape index (κ2) is 5.86. The van der Waals surface area contributed by atoms with Crippen molar-refractivity contribution in [1.82, 2.24) is 9.80 Å². The molecule has 2 aliphatic rings. The van der Waals surface area contributed by atoms with Gasteiger partial charge >= 0.3 is 0 Å². The lowest BCUT2D eigenvalue weighted by molar-refractivity contribution is 0.199. The van der Waals surface area contributed by atoms with Crippen molar-refractivity contribution in [1.29, 1.82) is 0 Å². The first-order valence-corrected chi connectivity index (χ1v) is 8.33. The van der Waals surface area contributed by atoms with Crippen LogP contribution in [0.4, 0.5) is 0 Å². The quantitative estimate of drug-likeness (QED) is 0.855. The molecule has 0 aliphatic carbocycles. The molecule has 2 fully saturated rings. The second-order valence-electron chi connectivity index (χ2n) is 6.92. The third kappa shape index (κ3) is 2.57. The van der Waals surface area contributed by atoms with Gasteiger partial charge in [-0.1, -0.05) is 60.7 Å². The minimum atomic E-state index is 0.566. The Labute approximate surface area is 133 Å². The molecule has 0 bridgehead atoms. The summed E-state index contributed by atoms with van der Waals surface area (Å²) in [4.78, 5) is 5.21. The number of hydrogen-bond acceptors (Lipinski definition) is 2. The van der Waals surface area contributed by atoms with Crippen LogP contribution in [0.2, 0.25) is 0 Å². The van der Waals surface area contributed by atoms with Crippen molar-refractivity contribution in [3.8, 4) is 0 Å². The maximum atomic E-state index is 2.70. The van der Waals surface area contributed by atoms with E-state index >= 15 is 0 Å². The summed E-state index contributed by atoms with van der Waals surface area (Å²) < 4.78 is 0. The van der Waals surface area contributed by atoms with Crippen molar-refractivity contribution in [3.05, 3.63) is 71.8 Å². The fourth-order valence-electron chi connectivity index (χ4n) is 4.44. The molecule has 2 aromatic rings. The Morgan fingerprint density at radius 2 is 1.55 bits per heavy atom. The fourth-order valence-corrected chi connectivity index (χ4v) is 4.44. The van der Waals surface area contributed by atoms with Crippen LogP contribution in [0.15, 0.2) is 60.7 Å². The molecule has 22 heavy (non-hydrogen) atoms. The minimum Gasteiger partial charge on any atom is -0.306 e. The highest BCUT2D eigenvalue weighted by atomic mass is 15.2. The second-order valence-corrected chi connectivity index (χ2v) is 6.92. The number of fused-ring (bicyclic) bond motifs is 1. The lowest BCUT2D eigenvalue weighted by atomic mass is 9.89. The molecule has 114 valence electrons. The maximum absolute atomic E-state index is 2.70. The van der Waals surface area contributed by atoms with E-state index < -0.39 is 0 Å². The lowest BCUT2D eigenvalue weighted by Crippen LogP contribution is -2.29. The van der Waals surface area contributed by atoms with E-state index in [1.165, 1.54) is 30.8 Å². The number of nitrogens with zero attached hydrogens (tertiary/aromatic N) is 2. The first kappa shape index (κ1) is 14.0. The van der Waals surface area contributed by atoms with Crippen molar-refractivity contribution in [2.45, 2.75) is 12.6 Å². The van der Waals surface area contributed by atoms with Crippen LogP contribution in [0.5, 0.6) is 0 Å². The van der Waals surface area contributed by atoms with Gasteiger partial charge in [0, 0.05) is 32.2 Å². The summed E-state index contributed by atoms with van der Waals surface area (Å²) in [7, 11) is 2.27. The Balaban J connectivity index is 1.62. The van der Waals surface area contributed by atoms with E-state index in [-0.39, 0.29) is 0 Å². The Bertz CT molecular complexity index is 610. The zero-order valence-corrected chi connectivity index (χ0v) is 13.2. The number of benzene rings is 2. The topological polar surface area (TPSA) is 6.48 Å². The molecule has 0 unspecified atom stereocenters. The standard InChI is InChI=1S/C20H24N2/c1-21-13-18-14-22(12-16-8-4-2-5-9-16)20(19(18)15-21)17-10-6-3-7-11-17/h2-11,18-20H,12-15H2,1H3/t18-,19+,20-/m1/s1. The van der Waals surface area contributed by atoms with E-state index in [4.69, 9.17) is 0 Å². The van der Waals surface area contributed by atoms with Gasteiger partial charge in [0.25, 0.3) is 0 Å². The molecule has 2 nitrogen and oxygen atoms in total. The van der Waals surface area contributed by atoms with E-state index in [2.05, 4.69) is 77.5 Å². The summed E-state index contributed by atoms with van der Waals surface area (Å²) >= 11 is 0. The van der Waals surface area contributed by atoms with Gasteiger partial charge in [-0.25, -0.2) is 0 Å². The van der Waals surface area contributed by atoms with Gasteiger partial charge in [-0.15, -0.1) is 0 Å². The smallest absolute Gasteiger partial charge is 0.0395 e. The maximum Gasteiger partial charge on any atom is 0.0395 e. The van der Waals surface area contributed by atoms with Crippen LogP contribution in [0, 0.1) is 11.8 Å². The molecule has 0 aromatic heterocycles. The van der Waals surface area contributed by atoms with Gasteiger partial charge in [-0.05, 0) is 30.0 Å². The van der Waals surface area contributed by atoms with Crippen LogP contribution in [-0.2, 0) is 6.54 Å². The summed E-state index contributed by atoms with van der Waals surface area (Å²) in [6, 6.07) is 22.6. The first-order valence-electron chi connectivity index (χ1n) is 8.33. The Hall–Kier alpha value is -1.64. The average molecular weight is 292 g/mol.